The smallest absolute Gasteiger partial charge is 0.361 e. The lowest BCUT2D eigenvalue weighted by molar-refractivity contribution is -0.116. The van der Waals surface area contributed by atoms with Gasteiger partial charge in [-0.05, 0) is 51.0 Å². The number of amides is 1. The quantitative estimate of drug-likeness (QED) is 0.736. The highest BCUT2D eigenvalue weighted by atomic mass is 16.5. The summed E-state index contributed by atoms with van der Waals surface area (Å²) < 4.78 is 10.9. The molecule has 0 spiro atoms. The first-order valence-electron chi connectivity index (χ1n) is 8.51. The number of rotatable bonds is 7. The molecule has 0 fully saturated rings. The maximum atomic E-state index is 12.4. The molecule has 0 bridgehead atoms. The number of nitrogens with zero attached hydrogens (tertiary/aromatic N) is 3. The van der Waals surface area contributed by atoms with Gasteiger partial charge in [-0.3, -0.25) is 4.79 Å². The molecule has 9 nitrogen and oxygen atoms in total. The Morgan fingerprint density at radius 1 is 1.00 bits per heavy atom. The number of esters is 2. The summed E-state index contributed by atoms with van der Waals surface area (Å²) in [5, 5.41) is 10.2. The Bertz CT molecular complexity index is 839. The zero-order valence-electron chi connectivity index (χ0n) is 15.7. The molecule has 1 heterocycles. The Labute approximate surface area is 156 Å². The average molecular weight is 374 g/mol. The molecule has 1 N–H and O–H groups in total. The van der Waals surface area contributed by atoms with Crippen molar-refractivity contribution < 1.29 is 23.9 Å². The van der Waals surface area contributed by atoms with E-state index in [0.29, 0.717) is 5.69 Å². The van der Waals surface area contributed by atoms with Crippen LogP contribution in [0.3, 0.4) is 0 Å². The van der Waals surface area contributed by atoms with Crippen LogP contribution >= 0.6 is 0 Å². The van der Waals surface area contributed by atoms with Crippen LogP contribution in [0.15, 0.2) is 18.2 Å². The van der Waals surface area contributed by atoms with Gasteiger partial charge in [0.1, 0.15) is 6.54 Å². The SMILES string of the molecule is CCOC(=O)c1nnn(CC(=O)Nc2cc(C)cc(C)c2)c1C(=O)OCC. The van der Waals surface area contributed by atoms with Crippen molar-refractivity contribution >= 4 is 23.5 Å². The second kappa shape index (κ2) is 8.93. The Hall–Kier alpha value is -3.23. The predicted molar refractivity (Wildman–Crippen MR) is 96.5 cm³/mol. The lowest BCUT2D eigenvalue weighted by atomic mass is 10.1. The molecule has 2 aromatic rings. The van der Waals surface area contributed by atoms with E-state index in [2.05, 4.69) is 15.6 Å². The number of ether oxygens (including phenoxy) is 2. The molecule has 27 heavy (non-hydrogen) atoms. The molecule has 0 radical (unpaired) electrons. The second-order valence-corrected chi connectivity index (χ2v) is 5.81. The third-order valence-electron chi connectivity index (χ3n) is 3.47. The number of carbonyl (C=O) groups is 3. The molecule has 0 saturated heterocycles. The number of anilines is 1. The molecule has 2 rings (SSSR count). The molecule has 1 amide bonds. The van der Waals surface area contributed by atoms with Crippen LogP contribution in [-0.4, -0.2) is 46.1 Å². The fourth-order valence-electron chi connectivity index (χ4n) is 2.55. The number of aryl methyl sites for hydroxylation is 2. The third-order valence-corrected chi connectivity index (χ3v) is 3.47. The van der Waals surface area contributed by atoms with Crippen LogP contribution in [0.1, 0.15) is 46.0 Å². The number of carbonyl (C=O) groups excluding carboxylic acids is 3. The van der Waals surface area contributed by atoms with Crippen LogP contribution in [0.4, 0.5) is 5.69 Å². The van der Waals surface area contributed by atoms with E-state index in [9.17, 15) is 14.4 Å². The van der Waals surface area contributed by atoms with Crippen molar-refractivity contribution in [1.29, 1.82) is 0 Å². The average Bonchev–Trinajstić information content (AvgIpc) is 2.97. The number of nitrogens with one attached hydrogen (secondary N) is 1. The number of aromatic nitrogens is 3. The minimum atomic E-state index is -0.804. The summed E-state index contributed by atoms with van der Waals surface area (Å²) >= 11 is 0. The Balaban J connectivity index is 2.25. The number of benzene rings is 1. The van der Waals surface area contributed by atoms with Crippen LogP contribution in [0.2, 0.25) is 0 Å². The van der Waals surface area contributed by atoms with Gasteiger partial charge in [-0.2, -0.15) is 0 Å². The second-order valence-electron chi connectivity index (χ2n) is 5.81. The topological polar surface area (TPSA) is 112 Å². The van der Waals surface area contributed by atoms with E-state index >= 15 is 0 Å². The minimum absolute atomic E-state index is 0.0983. The molecular formula is C18H22N4O5. The Kier molecular flexibility index (Phi) is 6.64. The molecule has 0 saturated carbocycles. The summed E-state index contributed by atoms with van der Waals surface area (Å²) in [7, 11) is 0. The summed E-state index contributed by atoms with van der Waals surface area (Å²) in [5.74, 6) is -2.03. The van der Waals surface area contributed by atoms with Crippen molar-refractivity contribution in [3.05, 3.63) is 40.7 Å². The lowest BCUT2D eigenvalue weighted by Gasteiger charge is -2.09. The molecule has 0 atom stereocenters. The van der Waals surface area contributed by atoms with Gasteiger partial charge in [0.2, 0.25) is 11.6 Å². The van der Waals surface area contributed by atoms with Crippen LogP contribution in [0.25, 0.3) is 0 Å². The zero-order chi connectivity index (χ0) is 20.0. The first kappa shape index (κ1) is 20.1. The molecular weight excluding hydrogens is 352 g/mol. The molecule has 1 aromatic carbocycles. The summed E-state index contributed by atoms with van der Waals surface area (Å²) in [4.78, 5) is 36.6. The highest BCUT2D eigenvalue weighted by Gasteiger charge is 2.28. The van der Waals surface area contributed by atoms with Crippen LogP contribution in [-0.2, 0) is 20.8 Å². The maximum absolute atomic E-state index is 12.4. The minimum Gasteiger partial charge on any atom is -0.461 e. The lowest BCUT2D eigenvalue weighted by Crippen LogP contribution is -2.24. The third kappa shape index (κ3) is 5.13. The zero-order valence-corrected chi connectivity index (χ0v) is 15.7. The molecule has 9 heteroatoms. The summed E-state index contributed by atoms with van der Waals surface area (Å²) in [5.41, 5.74) is 2.13. The molecule has 144 valence electrons. The van der Waals surface area contributed by atoms with Crippen LogP contribution < -0.4 is 5.32 Å². The first-order chi connectivity index (χ1) is 12.8. The Morgan fingerprint density at radius 3 is 2.19 bits per heavy atom. The van der Waals surface area contributed by atoms with Crippen LogP contribution in [0.5, 0.6) is 0 Å². The summed E-state index contributed by atoms with van der Waals surface area (Å²) in [6.45, 7) is 7.00. The van der Waals surface area contributed by atoms with Crippen molar-refractivity contribution in [2.24, 2.45) is 0 Å². The normalized spacial score (nSPS) is 10.4. The van der Waals surface area contributed by atoms with Gasteiger partial charge in [-0.15, -0.1) is 5.10 Å². The molecule has 0 unspecified atom stereocenters. The number of hydrogen-bond donors (Lipinski definition) is 1. The van der Waals surface area contributed by atoms with Gasteiger partial charge in [0.15, 0.2) is 5.69 Å². The largest absolute Gasteiger partial charge is 0.461 e. The van der Waals surface area contributed by atoms with E-state index in [0.717, 1.165) is 15.8 Å². The van der Waals surface area contributed by atoms with Crippen molar-refractivity contribution in [2.75, 3.05) is 18.5 Å². The standard InChI is InChI=1S/C18H22N4O5/c1-5-26-17(24)15-16(18(25)27-6-2)22(21-20-15)10-14(23)19-13-8-11(3)7-12(4)9-13/h7-9H,5-6,10H2,1-4H3,(H,19,23). The monoisotopic (exact) mass is 374 g/mol. The van der Waals surface area contributed by atoms with E-state index in [1.54, 1.807) is 13.8 Å². The van der Waals surface area contributed by atoms with E-state index in [4.69, 9.17) is 9.47 Å². The van der Waals surface area contributed by atoms with Gasteiger partial charge in [0.25, 0.3) is 0 Å². The van der Waals surface area contributed by atoms with E-state index in [1.807, 2.05) is 32.0 Å². The summed E-state index contributed by atoms with van der Waals surface area (Å²) in [6, 6.07) is 5.63. The predicted octanol–water partition coefficient (Wildman–Crippen LogP) is 1.89. The Morgan fingerprint density at radius 2 is 1.59 bits per heavy atom. The molecule has 0 aliphatic rings. The van der Waals surface area contributed by atoms with Gasteiger partial charge in [0.05, 0.1) is 13.2 Å². The van der Waals surface area contributed by atoms with Gasteiger partial charge in [-0.1, -0.05) is 11.3 Å². The van der Waals surface area contributed by atoms with E-state index < -0.39 is 17.8 Å². The van der Waals surface area contributed by atoms with Gasteiger partial charge >= 0.3 is 11.9 Å². The fraction of sp³-hybridized carbons (Fsp3) is 0.389. The van der Waals surface area contributed by atoms with E-state index in [-0.39, 0.29) is 31.1 Å². The van der Waals surface area contributed by atoms with Gasteiger partial charge in [-0.25, -0.2) is 14.3 Å². The molecule has 0 aliphatic heterocycles. The fourth-order valence-corrected chi connectivity index (χ4v) is 2.55. The molecule has 0 aliphatic carbocycles. The van der Waals surface area contributed by atoms with Crippen LogP contribution in [0, 0.1) is 13.8 Å². The van der Waals surface area contributed by atoms with E-state index in [1.165, 1.54) is 0 Å². The first-order valence-corrected chi connectivity index (χ1v) is 8.51. The van der Waals surface area contributed by atoms with Crippen molar-refractivity contribution in [1.82, 2.24) is 15.0 Å². The van der Waals surface area contributed by atoms with Crippen molar-refractivity contribution in [2.45, 2.75) is 34.2 Å². The maximum Gasteiger partial charge on any atom is 0.361 e. The van der Waals surface area contributed by atoms with Crippen molar-refractivity contribution in [3.8, 4) is 0 Å². The molecule has 1 aromatic heterocycles. The highest BCUT2D eigenvalue weighted by molar-refractivity contribution is 6.01. The highest BCUT2D eigenvalue weighted by Crippen LogP contribution is 2.14. The van der Waals surface area contributed by atoms with Gasteiger partial charge < -0.3 is 14.8 Å². The van der Waals surface area contributed by atoms with Gasteiger partial charge in [0, 0.05) is 5.69 Å². The summed E-state index contributed by atoms with van der Waals surface area (Å²) in [6.07, 6.45) is 0. The number of hydrogen-bond acceptors (Lipinski definition) is 7. The van der Waals surface area contributed by atoms with Crippen molar-refractivity contribution in [3.63, 3.8) is 0 Å².